The molecule has 31 heavy (non-hydrogen) atoms. The number of nitrogens with one attached hydrogen (secondary N) is 1. The molecule has 5 rings (SSSR count). The van der Waals surface area contributed by atoms with Crippen LogP contribution >= 0.6 is 23.1 Å². The number of aromatic amines is 1. The van der Waals surface area contributed by atoms with Crippen LogP contribution in [0.4, 0.5) is 0 Å². The Balaban J connectivity index is 1.39. The molecule has 8 nitrogen and oxygen atoms in total. The first-order valence-electron chi connectivity index (χ1n) is 9.66. The minimum Gasteiger partial charge on any atom is -0.464 e. The second-order valence-corrected chi connectivity index (χ2v) is 9.03. The van der Waals surface area contributed by atoms with Gasteiger partial charge in [-0.15, -0.1) is 16.4 Å². The van der Waals surface area contributed by atoms with Crippen LogP contribution < -0.4 is 5.56 Å². The fourth-order valence-corrected chi connectivity index (χ4v) is 4.95. The summed E-state index contributed by atoms with van der Waals surface area (Å²) in [6, 6.07) is 11.8. The van der Waals surface area contributed by atoms with E-state index in [4.69, 9.17) is 4.42 Å². The van der Waals surface area contributed by atoms with Crippen molar-refractivity contribution >= 4 is 33.3 Å². The third-order valence-corrected chi connectivity index (χ3v) is 6.67. The Labute approximate surface area is 185 Å². The second kappa shape index (κ2) is 8.12. The third kappa shape index (κ3) is 3.79. The molecule has 0 atom stereocenters. The zero-order valence-electron chi connectivity index (χ0n) is 16.8. The van der Waals surface area contributed by atoms with Crippen LogP contribution in [0.3, 0.4) is 0 Å². The molecular weight excluding hydrogens is 432 g/mol. The Morgan fingerprint density at radius 2 is 2.06 bits per heavy atom. The van der Waals surface area contributed by atoms with Crippen LogP contribution in [0.1, 0.15) is 31.2 Å². The van der Waals surface area contributed by atoms with Crippen molar-refractivity contribution in [1.82, 2.24) is 30.2 Å². The van der Waals surface area contributed by atoms with Gasteiger partial charge in [0.25, 0.3) is 5.56 Å². The molecule has 0 aliphatic carbocycles. The maximum Gasteiger partial charge on any atom is 0.260 e. The molecule has 1 aromatic carbocycles. The summed E-state index contributed by atoms with van der Waals surface area (Å²) in [5, 5.41) is 15.1. The maximum absolute atomic E-state index is 12.7. The minimum atomic E-state index is -0.183. The summed E-state index contributed by atoms with van der Waals surface area (Å²) in [6.45, 7) is 4.31. The molecule has 0 saturated heterocycles. The lowest BCUT2D eigenvalue weighted by molar-refractivity contribution is 0.583. The van der Waals surface area contributed by atoms with Crippen LogP contribution in [0.25, 0.3) is 27.2 Å². The maximum atomic E-state index is 12.7. The number of fused-ring (bicyclic) bond motifs is 1. The molecule has 0 saturated carbocycles. The zero-order valence-corrected chi connectivity index (χ0v) is 18.4. The smallest absolute Gasteiger partial charge is 0.260 e. The Hall–Kier alpha value is -3.24. The van der Waals surface area contributed by atoms with E-state index in [1.165, 1.54) is 28.7 Å². The van der Waals surface area contributed by atoms with Gasteiger partial charge in [0, 0.05) is 10.9 Å². The van der Waals surface area contributed by atoms with E-state index in [1.807, 2.05) is 23.6 Å². The first-order chi connectivity index (χ1) is 15.1. The highest BCUT2D eigenvalue weighted by Crippen LogP contribution is 2.31. The van der Waals surface area contributed by atoms with E-state index in [-0.39, 0.29) is 5.56 Å². The van der Waals surface area contributed by atoms with Gasteiger partial charge in [0.15, 0.2) is 0 Å². The average molecular weight is 451 g/mol. The number of thioether (sulfide) groups is 1. The van der Waals surface area contributed by atoms with Gasteiger partial charge in [0.1, 0.15) is 16.4 Å². The number of hydrogen-bond donors (Lipinski definition) is 1. The lowest BCUT2D eigenvalue weighted by Gasteiger charge is -2.08. The first kappa shape index (κ1) is 19.7. The predicted octanol–water partition coefficient (Wildman–Crippen LogP) is 4.64. The molecule has 0 unspecified atom stereocenters. The number of H-pyrrole nitrogens is 1. The number of nitrogens with zero attached hydrogens (tertiary/aromatic N) is 5. The van der Waals surface area contributed by atoms with Crippen molar-refractivity contribution in [3.05, 3.63) is 69.8 Å². The van der Waals surface area contributed by atoms with Gasteiger partial charge >= 0.3 is 0 Å². The molecule has 0 fully saturated rings. The number of furan rings is 1. The predicted molar refractivity (Wildman–Crippen MR) is 121 cm³/mol. The number of tetrazole rings is 1. The van der Waals surface area contributed by atoms with Crippen LogP contribution in [-0.4, -0.2) is 30.2 Å². The molecule has 1 N–H and O–H groups in total. The minimum absolute atomic E-state index is 0.183. The van der Waals surface area contributed by atoms with E-state index in [0.717, 1.165) is 11.3 Å². The summed E-state index contributed by atoms with van der Waals surface area (Å²) in [7, 11) is 0. The van der Waals surface area contributed by atoms with Gasteiger partial charge in [-0.25, -0.2) is 4.98 Å². The summed E-state index contributed by atoms with van der Waals surface area (Å²) in [4.78, 5) is 20.9. The number of hydrogen-bond acceptors (Lipinski definition) is 8. The summed E-state index contributed by atoms with van der Waals surface area (Å²) < 4.78 is 7.13. The lowest BCUT2D eigenvalue weighted by Crippen LogP contribution is -2.11. The van der Waals surface area contributed by atoms with E-state index in [1.54, 1.807) is 17.0 Å². The highest BCUT2D eigenvalue weighted by molar-refractivity contribution is 7.98. The van der Waals surface area contributed by atoms with Crippen LogP contribution in [0.5, 0.6) is 0 Å². The summed E-state index contributed by atoms with van der Waals surface area (Å²) >= 11 is 2.84. The van der Waals surface area contributed by atoms with Gasteiger partial charge < -0.3 is 9.40 Å². The van der Waals surface area contributed by atoms with Gasteiger partial charge in [-0.05, 0) is 46.2 Å². The molecule has 0 radical (unpaired) electrons. The molecule has 0 bridgehead atoms. The standard InChI is InChI=1S/C21H18N6O2S2/c1-12(2)13-5-7-14(8-6-13)27-21(24-25-26-27)31-11-17-22-19(28)18-15(10-30-20(18)23-17)16-4-3-9-29-16/h3-10,12H,11H2,1-2H3,(H,22,23,28). The number of benzene rings is 1. The van der Waals surface area contributed by atoms with E-state index < -0.39 is 0 Å². The summed E-state index contributed by atoms with van der Waals surface area (Å²) in [5.74, 6) is 2.12. The molecule has 4 aromatic heterocycles. The van der Waals surface area contributed by atoms with Gasteiger partial charge in [0.2, 0.25) is 5.16 Å². The molecule has 4 heterocycles. The normalized spacial score (nSPS) is 11.6. The molecule has 0 aliphatic heterocycles. The van der Waals surface area contributed by atoms with Crippen molar-refractivity contribution in [2.24, 2.45) is 0 Å². The monoisotopic (exact) mass is 450 g/mol. The quantitative estimate of drug-likeness (QED) is 0.376. The summed E-state index contributed by atoms with van der Waals surface area (Å²) in [5.41, 5.74) is 2.71. The topological polar surface area (TPSA) is 102 Å². The van der Waals surface area contributed by atoms with Crippen molar-refractivity contribution in [1.29, 1.82) is 0 Å². The van der Waals surface area contributed by atoms with Crippen molar-refractivity contribution < 1.29 is 4.42 Å². The molecule has 5 aromatic rings. The van der Waals surface area contributed by atoms with Gasteiger partial charge in [-0.3, -0.25) is 4.79 Å². The molecule has 0 spiro atoms. The van der Waals surface area contributed by atoms with Crippen LogP contribution in [0.15, 0.2) is 62.4 Å². The molecule has 0 aliphatic rings. The number of aromatic nitrogens is 6. The summed E-state index contributed by atoms with van der Waals surface area (Å²) in [6.07, 6.45) is 1.59. The Morgan fingerprint density at radius 1 is 1.23 bits per heavy atom. The van der Waals surface area contributed by atoms with Gasteiger partial charge in [0.05, 0.1) is 23.1 Å². The van der Waals surface area contributed by atoms with Crippen molar-refractivity contribution in [2.75, 3.05) is 0 Å². The van der Waals surface area contributed by atoms with Crippen LogP contribution in [-0.2, 0) is 5.75 Å². The average Bonchev–Trinajstić information content (AvgIpc) is 3.52. The van der Waals surface area contributed by atoms with E-state index in [0.29, 0.717) is 38.6 Å². The van der Waals surface area contributed by atoms with E-state index >= 15 is 0 Å². The zero-order chi connectivity index (χ0) is 21.4. The Bertz CT molecular complexity index is 1380. The highest BCUT2D eigenvalue weighted by atomic mass is 32.2. The van der Waals surface area contributed by atoms with Gasteiger partial charge in [-0.1, -0.05) is 37.7 Å². The van der Waals surface area contributed by atoms with E-state index in [9.17, 15) is 4.79 Å². The fraction of sp³-hybridized carbons (Fsp3) is 0.190. The van der Waals surface area contributed by atoms with Gasteiger partial charge in [-0.2, -0.15) is 4.68 Å². The molecule has 0 amide bonds. The SMILES string of the molecule is CC(C)c1ccc(-n2nnnc2SCc2nc3scc(-c4ccco4)c3c(=O)[nH]2)cc1. The van der Waals surface area contributed by atoms with E-state index in [2.05, 4.69) is 51.5 Å². The van der Waals surface area contributed by atoms with Crippen LogP contribution in [0.2, 0.25) is 0 Å². The Kier molecular flexibility index (Phi) is 5.16. The highest BCUT2D eigenvalue weighted by Gasteiger charge is 2.16. The molecule has 156 valence electrons. The second-order valence-electron chi connectivity index (χ2n) is 7.23. The van der Waals surface area contributed by atoms with Crippen molar-refractivity contribution in [3.8, 4) is 17.0 Å². The lowest BCUT2D eigenvalue weighted by atomic mass is 10.0. The fourth-order valence-electron chi connectivity index (χ4n) is 3.24. The molecule has 10 heteroatoms. The Morgan fingerprint density at radius 3 is 2.81 bits per heavy atom. The third-order valence-electron chi connectivity index (χ3n) is 4.86. The van der Waals surface area contributed by atoms with Crippen LogP contribution in [0, 0.1) is 0 Å². The number of rotatable bonds is 6. The van der Waals surface area contributed by atoms with Crippen molar-refractivity contribution in [2.45, 2.75) is 30.7 Å². The molecular formula is C21H18N6O2S2. The number of thiophene rings is 1. The first-order valence-corrected chi connectivity index (χ1v) is 11.5. The largest absolute Gasteiger partial charge is 0.464 e. The van der Waals surface area contributed by atoms with Crippen molar-refractivity contribution in [3.63, 3.8) is 0 Å².